The number of ketones is 1. The van der Waals surface area contributed by atoms with Gasteiger partial charge in [0.15, 0.2) is 5.78 Å². The van der Waals surface area contributed by atoms with Gasteiger partial charge in [-0.25, -0.2) is 0 Å². The second-order valence-corrected chi connectivity index (χ2v) is 7.65. The molecule has 1 aromatic carbocycles. The van der Waals surface area contributed by atoms with Crippen molar-refractivity contribution in [2.75, 3.05) is 18.4 Å². The van der Waals surface area contributed by atoms with Crippen LogP contribution in [0.25, 0.3) is 0 Å². The topological polar surface area (TPSA) is 41.6 Å². The van der Waals surface area contributed by atoms with Crippen molar-refractivity contribution in [1.82, 2.24) is 4.90 Å². The molecule has 0 radical (unpaired) electrons. The van der Waals surface area contributed by atoms with E-state index < -0.39 is 0 Å². The molecule has 0 saturated carbocycles. The Morgan fingerprint density at radius 3 is 2.70 bits per heavy atom. The molecule has 23 heavy (non-hydrogen) atoms. The molecule has 126 valence electrons. The third kappa shape index (κ3) is 3.52. The zero-order valence-corrected chi connectivity index (χ0v) is 14.7. The SMILES string of the molecule is CC1CCCC(C)N1CC(=O)c1ccc2c(c1)NCC(C)(C)O2. The van der Waals surface area contributed by atoms with Crippen LogP contribution in [0.2, 0.25) is 0 Å². The number of carbonyl (C=O) groups is 1. The quantitative estimate of drug-likeness (QED) is 0.863. The second kappa shape index (κ2) is 6.16. The molecular formula is C19H28N2O2. The summed E-state index contributed by atoms with van der Waals surface area (Å²) in [6.45, 7) is 9.83. The average molecular weight is 316 g/mol. The van der Waals surface area contributed by atoms with Crippen molar-refractivity contribution in [3.8, 4) is 5.75 Å². The van der Waals surface area contributed by atoms with Gasteiger partial charge >= 0.3 is 0 Å². The summed E-state index contributed by atoms with van der Waals surface area (Å²) in [6.07, 6.45) is 3.64. The van der Waals surface area contributed by atoms with E-state index in [4.69, 9.17) is 4.74 Å². The van der Waals surface area contributed by atoms with E-state index >= 15 is 0 Å². The number of nitrogens with one attached hydrogen (secondary N) is 1. The summed E-state index contributed by atoms with van der Waals surface area (Å²) in [6, 6.07) is 6.72. The molecule has 4 heteroatoms. The molecule has 1 aromatic rings. The fourth-order valence-corrected chi connectivity index (χ4v) is 3.62. The molecule has 0 amide bonds. The molecule has 2 aliphatic rings. The Morgan fingerprint density at radius 2 is 2.00 bits per heavy atom. The Kier molecular flexibility index (Phi) is 4.37. The van der Waals surface area contributed by atoms with Crippen molar-refractivity contribution in [1.29, 1.82) is 0 Å². The molecule has 0 aliphatic carbocycles. The summed E-state index contributed by atoms with van der Waals surface area (Å²) in [5.74, 6) is 1.03. The Bertz CT molecular complexity index is 587. The van der Waals surface area contributed by atoms with Crippen LogP contribution >= 0.6 is 0 Å². The van der Waals surface area contributed by atoms with Gasteiger partial charge in [0.1, 0.15) is 11.4 Å². The predicted octanol–water partition coefficient (Wildman–Crippen LogP) is 3.72. The van der Waals surface area contributed by atoms with Gasteiger partial charge in [-0.2, -0.15) is 0 Å². The predicted molar refractivity (Wildman–Crippen MR) is 93.5 cm³/mol. The fraction of sp³-hybridized carbons (Fsp3) is 0.632. The van der Waals surface area contributed by atoms with Gasteiger partial charge in [-0.3, -0.25) is 9.69 Å². The first kappa shape index (κ1) is 16.3. The van der Waals surface area contributed by atoms with Crippen LogP contribution in [0.15, 0.2) is 18.2 Å². The van der Waals surface area contributed by atoms with E-state index in [2.05, 4.69) is 37.9 Å². The first-order chi connectivity index (χ1) is 10.9. The number of hydrogen-bond donors (Lipinski definition) is 1. The van der Waals surface area contributed by atoms with E-state index in [0.29, 0.717) is 18.6 Å². The lowest BCUT2D eigenvalue weighted by Crippen LogP contribution is -2.46. The standard InChI is InChI=1S/C19H28N2O2/c1-13-6-5-7-14(2)21(13)11-17(22)15-8-9-18-16(10-15)20-12-19(3,4)23-18/h8-10,13-14,20H,5-7,11-12H2,1-4H3. The zero-order chi connectivity index (χ0) is 16.6. The van der Waals surface area contributed by atoms with Crippen LogP contribution < -0.4 is 10.1 Å². The summed E-state index contributed by atoms with van der Waals surface area (Å²) in [4.78, 5) is 15.1. The van der Waals surface area contributed by atoms with E-state index in [-0.39, 0.29) is 11.4 Å². The highest BCUT2D eigenvalue weighted by atomic mass is 16.5. The van der Waals surface area contributed by atoms with Gasteiger partial charge < -0.3 is 10.1 Å². The van der Waals surface area contributed by atoms with Crippen molar-refractivity contribution in [3.63, 3.8) is 0 Å². The van der Waals surface area contributed by atoms with Crippen LogP contribution in [0.3, 0.4) is 0 Å². The summed E-state index contributed by atoms with van der Waals surface area (Å²) in [7, 11) is 0. The maximum Gasteiger partial charge on any atom is 0.176 e. The number of Topliss-reactive ketones (excluding diaryl/α,β-unsaturated/α-hetero) is 1. The Hall–Kier alpha value is -1.55. The maximum absolute atomic E-state index is 12.7. The highest BCUT2D eigenvalue weighted by molar-refractivity contribution is 5.99. The van der Waals surface area contributed by atoms with Crippen LogP contribution in [0.1, 0.15) is 57.3 Å². The van der Waals surface area contributed by atoms with Crippen LogP contribution in [0.5, 0.6) is 5.75 Å². The van der Waals surface area contributed by atoms with Crippen molar-refractivity contribution in [2.24, 2.45) is 0 Å². The Morgan fingerprint density at radius 1 is 1.30 bits per heavy atom. The molecule has 3 rings (SSSR count). The van der Waals surface area contributed by atoms with Crippen LogP contribution in [-0.2, 0) is 0 Å². The molecule has 1 saturated heterocycles. The minimum atomic E-state index is -0.211. The summed E-state index contributed by atoms with van der Waals surface area (Å²) < 4.78 is 5.95. The lowest BCUT2D eigenvalue weighted by Gasteiger charge is -2.38. The molecule has 2 atom stereocenters. The lowest BCUT2D eigenvalue weighted by molar-refractivity contribution is 0.0734. The molecule has 0 aromatic heterocycles. The highest BCUT2D eigenvalue weighted by Crippen LogP contribution is 2.33. The van der Waals surface area contributed by atoms with E-state index in [0.717, 1.165) is 23.5 Å². The van der Waals surface area contributed by atoms with Gasteiger partial charge in [-0.15, -0.1) is 0 Å². The number of anilines is 1. The maximum atomic E-state index is 12.7. The summed E-state index contributed by atoms with van der Waals surface area (Å²) >= 11 is 0. The number of piperidine rings is 1. The van der Waals surface area contributed by atoms with Crippen LogP contribution in [0, 0.1) is 0 Å². The van der Waals surface area contributed by atoms with Gasteiger partial charge in [-0.1, -0.05) is 6.42 Å². The smallest absolute Gasteiger partial charge is 0.176 e. The summed E-state index contributed by atoms with van der Waals surface area (Å²) in [5.41, 5.74) is 1.48. The van der Waals surface area contributed by atoms with E-state index in [1.54, 1.807) is 0 Å². The molecule has 0 spiro atoms. The van der Waals surface area contributed by atoms with Gasteiger partial charge in [0, 0.05) is 17.6 Å². The number of rotatable bonds is 3. The lowest BCUT2D eigenvalue weighted by atomic mass is 9.96. The summed E-state index contributed by atoms with van der Waals surface area (Å²) in [5, 5.41) is 3.38. The van der Waals surface area contributed by atoms with Crippen molar-refractivity contribution < 1.29 is 9.53 Å². The third-order valence-electron chi connectivity index (χ3n) is 5.09. The van der Waals surface area contributed by atoms with Crippen molar-refractivity contribution in [2.45, 2.75) is 64.6 Å². The first-order valence-electron chi connectivity index (χ1n) is 8.71. The normalized spacial score (nSPS) is 26.8. The number of fused-ring (bicyclic) bond motifs is 1. The van der Waals surface area contributed by atoms with Crippen LogP contribution in [0.4, 0.5) is 5.69 Å². The molecular weight excluding hydrogens is 288 g/mol. The number of ether oxygens (including phenoxy) is 1. The van der Waals surface area contributed by atoms with Gasteiger partial charge in [0.05, 0.1) is 18.8 Å². The zero-order valence-electron chi connectivity index (χ0n) is 14.7. The van der Waals surface area contributed by atoms with Crippen molar-refractivity contribution in [3.05, 3.63) is 23.8 Å². The second-order valence-electron chi connectivity index (χ2n) is 7.65. The molecule has 1 N–H and O–H groups in total. The average Bonchev–Trinajstić information content (AvgIpc) is 2.49. The number of carbonyl (C=O) groups excluding carboxylic acids is 1. The van der Waals surface area contributed by atoms with Crippen molar-refractivity contribution >= 4 is 11.5 Å². The number of likely N-dealkylation sites (tertiary alicyclic amines) is 1. The van der Waals surface area contributed by atoms with E-state index in [9.17, 15) is 4.79 Å². The number of hydrogen-bond acceptors (Lipinski definition) is 4. The number of benzene rings is 1. The van der Waals surface area contributed by atoms with Crippen LogP contribution in [-0.4, -0.2) is 41.5 Å². The Balaban J connectivity index is 1.73. The molecule has 1 fully saturated rings. The molecule has 4 nitrogen and oxygen atoms in total. The first-order valence-corrected chi connectivity index (χ1v) is 8.71. The molecule has 2 unspecified atom stereocenters. The fourth-order valence-electron chi connectivity index (χ4n) is 3.62. The van der Waals surface area contributed by atoms with Gasteiger partial charge in [0.2, 0.25) is 0 Å². The monoisotopic (exact) mass is 316 g/mol. The molecule has 2 heterocycles. The van der Waals surface area contributed by atoms with Gasteiger partial charge in [0.25, 0.3) is 0 Å². The molecule has 0 bridgehead atoms. The Labute approximate surface area is 139 Å². The number of nitrogens with zero attached hydrogens (tertiary/aromatic N) is 1. The van der Waals surface area contributed by atoms with E-state index in [1.807, 2.05) is 18.2 Å². The minimum absolute atomic E-state index is 0.194. The van der Waals surface area contributed by atoms with Gasteiger partial charge in [-0.05, 0) is 58.7 Å². The highest BCUT2D eigenvalue weighted by Gasteiger charge is 2.29. The van der Waals surface area contributed by atoms with E-state index in [1.165, 1.54) is 19.3 Å². The third-order valence-corrected chi connectivity index (χ3v) is 5.09. The molecule has 2 aliphatic heterocycles. The largest absolute Gasteiger partial charge is 0.484 e. The minimum Gasteiger partial charge on any atom is -0.484 e.